The van der Waals surface area contributed by atoms with E-state index in [9.17, 15) is 19.8 Å². The Hall–Kier alpha value is -2.83. The Morgan fingerprint density at radius 1 is 1.24 bits per heavy atom. The Labute approximate surface area is 191 Å². The monoisotopic (exact) mass is 464 g/mol. The molecule has 182 valence electrons. The Balaban J connectivity index is 1.72. The van der Waals surface area contributed by atoms with Gasteiger partial charge in [-0.15, -0.1) is 0 Å². The van der Waals surface area contributed by atoms with E-state index in [1.807, 2.05) is 27.7 Å². The number of rotatable bonds is 9. The third kappa shape index (κ3) is 5.75. The minimum absolute atomic E-state index is 0.111. The molecule has 1 saturated heterocycles. The molecule has 12 nitrogen and oxygen atoms in total. The number of ketones is 1. The lowest BCUT2D eigenvalue weighted by Gasteiger charge is -2.19. The van der Waals surface area contributed by atoms with Gasteiger partial charge in [0.15, 0.2) is 23.5 Å². The smallest absolute Gasteiger partial charge is 0.306 e. The number of hydrogen-bond donors (Lipinski definition) is 4. The molecule has 33 heavy (non-hydrogen) atoms. The summed E-state index contributed by atoms with van der Waals surface area (Å²) < 4.78 is 12.4. The van der Waals surface area contributed by atoms with Gasteiger partial charge in [0.05, 0.1) is 6.33 Å². The number of nitrogens with two attached hydrogens (primary N) is 1. The molecule has 2 aromatic rings. The molecule has 0 aliphatic carbocycles. The zero-order chi connectivity index (χ0) is 24.3. The van der Waals surface area contributed by atoms with Crippen LogP contribution in [0.3, 0.4) is 0 Å². The summed E-state index contributed by atoms with van der Waals surface area (Å²) in [5.74, 6) is -0.258. The average molecular weight is 465 g/mol. The fourth-order valence-electron chi connectivity index (χ4n) is 3.57. The topological polar surface area (TPSA) is 175 Å². The number of nitrogens with zero attached hydrogens (tertiary/aromatic N) is 4. The molecule has 3 heterocycles. The molecular formula is C21H32N6O6. The molecule has 0 spiro atoms. The van der Waals surface area contributed by atoms with Gasteiger partial charge in [0, 0.05) is 19.4 Å². The van der Waals surface area contributed by atoms with Crippen LogP contribution >= 0.6 is 0 Å². The van der Waals surface area contributed by atoms with Crippen molar-refractivity contribution in [3.05, 3.63) is 6.33 Å². The summed E-state index contributed by atoms with van der Waals surface area (Å²) in [5, 5.41) is 23.8. The average Bonchev–Trinajstić information content (AvgIpc) is 3.26. The Bertz CT molecular complexity index is 1000. The lowest BCUT2D eigenvalue weighted by atomic mass is 10.0. The third-order valence-electron chi connectivity index (χ3n) is 5.04. The molecule has 0 radical (unpaired) electrons. The fourth-order valence-corrected chi connectivity index (χ4v) is 3.57. The van der Waals surface area contributed by atoms with Gasteiger partial charge in [-0.2, -0.15) is 9.97 Å². The highest BCUT2D eigenvalue weighted by Gasteiger charge is 2.47. The summed E-state index contributed by atoms with van der Waals surface area (Å²) in [7, 11) is 0. The second-order valence-electron chi connectivity index (χ2n) is 9.02. The number of aliphatic hydroxyl groups excluding tert-OH is 2. The molecule has 1 fully saturated rings. The Kier molecular flexibility index (Phi) is 7.50. The summed E-state index contributed by atoms with van der Waals surface area (Å²) in [6.07, 6.45) is -1.98. The van der Waals surface area contributed by atoms with E-state index in [2.05, 4.69) is 20.3 Å². The SMILES string of the molecule is CCCC(=O)[C@H]1O[C@@H](n2cnc3c(N)nc(NCCCC(=O)OC(C)(C)C)nc32)[C@H](O)[C@@H]1O. The minimum Gasteiger partial charge on any atom is -0.460 e. The third-order valence-corrected chi connectivity index (χ3v) is 5.04. The lowest BCUT2D eigenvalue weighted by molar-refractivity contribution is -0.154. The first kappa shape index (κ1) is 24.8. The number of esters is 1. The van der Waals surface area contributed by atoms with Crippen LogP contribution in [0.5, 0.6) is 0 Å². The van der Waals surface area contributed by atoms with Gasteiger partial charge in [-0.3, -0.25) is 14.2 Å². The molecule has 1 aliphatic heterocycles. The van der Waals surface area contributed by atoms with Gasteiger partial charge >= 0.3 is 5.97 Å². The fraction of sp³-hybridized carbons (Fsp3) is 0.667. The van der Waals surface area contributed by atoms with Gasteiger partial charge in [0.2, 0.25) is 5.95 Å². The van der Waals surface area contributed by atoms with Gasteiger partial charge in [0.25, 0.3) is 0 Å². The number of nitrogens with one attached hydrogen (secondary N) is 1. The van der Waals surface area contributed by atoms with Gasteiger partial charge in [-0.05, 0) is 33.6 Å². The maximum atomic E-state index is 12.2. The van der Waals surface area contributed by atoms with Crippen molar-refractivity contribution in [2.75, 3.05) is 17.6 Å². The number of fused-ring (bicyclic) bond motifs is 1. The Morgan fingerprint density at radius 2 is 1.97 bits per heavy atom. The predicted molar refractivity (Wildman–Crippen MR) is 119 cm³/mol. The predicted octanol–water partition coefficient (Wildman–Crippen LogP) is 0.931. The maximum Gasteiger partial charge on any atom is 0.306 e. The molecule has 4 atom stereocenters. The first-order valence-corrected chi connectivity index (χ1v) is 11.0. The molecular weight excluding hydrogens is 432 g/mol. The van der Waals surface area contributed by atoms with Crippen molar-refractivity contribution >= 4 is 34.7 Å². The number of Topliss-reactive ketones (excluding diaryl/α,β-unsaturated/α-hetero) is 1. The van der Waals surface area contributed by atoms with Crippen molar-refractivity contribution in [1.29, 1.82) is 0 Å². The number of ether oxygens (including phenoxy) is 2. The normalized spacial score (nSPS) is 23.1. The molecule has 1 aliphatic rings. The second-order valence-corrected chi connectivity index (χ2v) is 9.02. The van der Waals surface area contributed by atoms with E-state index in [0.29, 0.717) is 24.9 Å². The lowest BCUT2D eigenvalue weighted by Crippen LogP contribution is -2.35. The molecule has 2 aromatic heterocycles. The number of anilines is 2. The van der Waals surface area contributed by atoms with E-state index in [4.69, 9.17) is 15.2 Å². The summed E-state index contributed by atoms with van der Waals surface area (Å²) >= 11 is 0. The van der Waals surface area contributed by atoms with Crippen molar-refractivity contribution in [2.45, 2.75) is 83.5 Å². The van der Waals surface area contributed by atoms with E-state index in [1.54, 1.807) is 0 Å². The molecule has 0 amide bonds. The van der Waals surface area contributed by atoms with Crippen LogP contribution in [0, 0.1) is 0 Å². The van der Waals surface area contributed by atoms with Crippen molar-refractivity contribution in [2.24, 2.45) is 0 Å². The van der Waals surface area contributed by atoms with Crippen LogP contribution in [0.4, 0.5) is 11.8 Å². The highest BCUT2D eigenvalue weighted by atomic mass is 16.6. The van der Waals surface area contributed by atoms with E-state index in [1.165, 1.54) is 10.9 Å². The summed E-state index contributed by atoms with van der Waals surface area (Å²) in [5.41, 5.74) is 6.05. The number of imidazole rings is 1. The summed E-state index contributed by atoms with van der Waals surface area (Å²) in [4.78, 5) is 36.9. The minimum atomic E-state index is -1.36. The molecule has 3 rings (SSSR count). The standard InChI is InChI=1S/C21H32N6O6/c1-5-7-11(28)16-14(30)15(31)19(32-16)27-10-24-13-17(22)25-20(26-18(13)27)23-9-6-8-12(29)33-21(2,3)4/h10,14-16,19,30-31H,5-9H2,1-4H3,(H3,22,23,25,26)/t14-,15+,16+,19+/m0/s1. The van der Waals surface area contributed by atoms with E-state index < -0.39 is 30.1 Å². The molecule has 0 saturated carbocycles. The molecule has 0 unspecified atom stereocenters. The van der Waals surface area contributed by atoms with Crippen LogP contribution in [0.1, 0.15) is 59.6 Å². The number of hydrogen-bond acceptors (Lipinski definition) is 11. The first-order chi connectivity index (χ1) is 15.5. The quantitative estimate of drug-likeness (QED) is 0.307. The van der Waals surface area contributed by atoms with Gasteiger partial charge < -0.3 is 30.7 Å². The van der Waals surface area contributed by atoms with Crippen molar-refractivity contribution in [3.63, 3.8) is 0 Å². The Morgan fingerprint density at radius 3 is 2.64 bits per heavy atom. The van der Waals surface area contributed by atoms with Gasteiger partial charge in [-0.1, -0.05) is 6.92 Å². The van der Waals surface area contributed by atoms with Crippen LogP contribution < -0.4 is 11.1 Å². The number of aromatic nitrogens is 4. The van der Waals surface area contributed by atoms with Gasteiger partial charge in [0.1, 0.15) is 29.4 Å². The number of carbonyl (C=O) groups is 2. The van der Waals surface area contributed by atoms with Crippen LogP contribution in [-0.2, 0) is 19.1 Å². The molecule has 5 N–H and O–H groups in total. The van der Waals surface area contributed by atoms with E-state index in [-0.39, 0.29) is 42.0 Å². The van der Waals surface area contributed by atoms with Crippen LogP contribution in [-0.4, -0.2) is 71.9 Å². The van der Waals surface area contributed by atoms with Crippen LogP contribution in [0.2, 0.25) is 0 Å². The zero-order valence-corrected chi connectivity index (χ0v) is 19.3. The van der Waals surface area contributed by atoms with E-state index in [0.717, 1.165) is 0 Å². The molecule has 0 bridgehead atoms. The second kappa shape index (κ2) is 9.98. The summed E-state index contributed by atoms with van der Waals surface area (Å²) in [6.45, 7) is 7.67. The molecule has 0 aromatic carbocycles. The number of aliphatic hydroxyl groups is 2. The maximum absolute atomic E-state index is 12.2. The van der Waals surface area contributed by atoms with Crippen LogP contribution in [0.15, 0.2) is 6.33 Å². The van der Waals surface area contributed by atoms with Crippen molar-refractivity contribution in [1.82, 2.24) is 19.5 Å². The number of carbonyl (C=O) groups excluding carboxylic acids is 2. The van der Waals surface area contributed by atoms with Crippen molar-refractivity contribution in [3.8, 4) is 0 Å². The largest absolute Gasteiger partial charge is 0.460 e. The zero-order valence-electron chi connectivity index (χ0n) is 19.3. The number of nitrogen functional groups attached to an aromatic ring is 1. The highest BCUT2D eigenvalue weighted by molar-refractivity contribution is 5.84. The highest BCUT2D eigenvalue weighted by Crippen LogP contribution is 2.33. The summed E-state index contributed by atoms with van der Waals surface area (Å²) in [6, 6.07) is 0. The van der Waals surface area contributed by atoms with Gasteiger partial charge in [-0.25, -0.2) is 4.98 Å². The van der Waals surface area contributed by atoms with Crippen LogP contribution in [0.25, 0.3) is 11.2 Å². The first-order valence-electron chi connectivity index (χ1n) is 11.0. The van der Waals surface area contributed by atoms with Crippen molar-refractivity contribution < 1.29 is 29.3 Å². The molecule has 12 heteroatoms. The van der Waals surface area contributed by atoms with E-state index >= 15 is 0 Å².